The van der Waals surface area contributed by atoms with Crippen LogP contribution in [0.4, 0.5) is 11.4 Å². The number of carbonyl (C=O) groups is 1. The Morgan fingerprint density at radius 3 is 2.57 bits per heavy atom. The van der Waals surface area contributed by atoms with Crippen LogP contribution in [0.5, 0.6) is 5.75 Å². The average Bonchev–Trinajstić information content (AvgIpc) is 2.43. The van der Waals surface area contributed by atoms with Gasteiger partial charge >= 0.3 is 0 Å². The average molecular weight is 349 g/mol. The molecule has 0 heterocycles. The summed E-state index contributed by atoms with van der Waals surface area (Å²) in [5.41, 5.74) is 8.05. The number of amides is 1. The lowest BCUT2D eigenvalue weighted by atomic mass is 10.2. The van der Waals surface area contributed by atoms with Gasteiger partial charge < -0.3 is 15.8 Å². The molecule has 0 aliphatic carbocycles. The van der Waals surface area contributed by atoms with Gasteiger partial charge in [-0.3, -0.25) is 4.79 Å². The topological polar surface area (TPSA) is 64.3 Å². The molecule has 4 nitrogen and oxygen atoms in total. The van der Waals surface area contributed by atoms with Crippen molar-refractivity contribution in [3.05, 3.63) is 52.5 Å². The van der Waals surface area contributed by atoms with Gasteiger partial charge in [-0.15, -0.1) is 0 Å². The minimum absolute atomic E-state index is 0.220. The van der Waals surface area contributed by atoms with Crippen molar-refractivity contribution in [1.82, 2.24) is 0 Å². The Bertz CT molecular complexity index is 621. The van der Waals surface area contributed by atoms with Gasteiger partial charge in [-0.05, 0) is 43.7 Å². The second kappa shape index (κ2) is 6.63. The fourth-order valence-corrected chi connectivity index (χ4v) is 2.50. The zero-order valence-electron chi connectivity index (χ0n) is 11.9. The first-order valence-corrected chi connectivity index (χ1v) is 7.35. The highest BCUT2D eigenvalue weighted by atomic mass is 79.9. The lowest BCUT2D eigenvalue weighted by Crippen LogP contribution is -2.30. The Hall–Kier alpha value is -2.01. The molecule has 0 aromatic heterocycles. The van der Waals surface area contributed by atoms with Gasteiger partial charge in [0.25, 0.3) is 5.91 Å². The van der Waals surface area contributed by atoms with Crippen molar-refractivity contribution < 1.29 is 9.53 Å². The van der Waals surface area contributed by atoms with Gasteiger partial charge in [0, 0.05) is 10.2 Å². The highest BCUT2D eigenvalue weighted by Gasteiger charge is 2.17. The summed E-state index contributed by atoms with van der Waals surface area (Å²) in [6, 6.07) is 12.9. The van der Waals surface area contributed by atoms with E-state index in [1.165, 1.54) is 0 Å². The van der Waals surface area contributed by atoms with Gasteiger partial charge in [-0.1, -0.05) is 34.1 Å². The van der Waals surface area contributed by atoms with Crippen LogP contribution in [0.3, 0.4) is 0 Å². The molecule has 2 aromatic carbocycles. The smallest absolute Gasteiger partial charge is 0.265 e. The maximum absolute atomic E-state index is 12.1. The van der Waals surface area contributed by atoms with E-state index in [1.54, 1.807) is 13.0 Å². The van der Waals surface area contributed by atoms with Gasteiger partial charge in [0.1, 0.15) is 5.75 Å². The molecule has 0 fully saturated rings. The number of nitrogens with one attached hydrogen (secondary N) is 1. The van der Waals surface area contributed by atoms with Gasteiger partial charge in [-0.2, -0.15) is 0 Å². The minimum Gasteiger partial charge on any atom is -0.478 e. The highest BCUT2D eigenvalue weighted by Crippen LogP contribution is 2.30. The van der Waals surface area contributed by atoms with E-state index in [0.29, 0.717) is 11.4 Å². The Morgan fingerprint density at radius 1 is 1.29 bits per heavy atom. The fourth-order valence-electron chi connectivity index (χ4n) is 1.91. The molecule has 5 heteroatoms. The number of carbonyl (C=O) groups excluding carboxylic acids is 1. The second-order valence-corrected chi connectivity index (χ2v) is 5.67. The van der Waals surface area contributed by atoms with Gasteiger partial charge in [0.2, 0.25) is 0 Å². The Morgan fingerprint density at radius 2 is 1.95 bits per heavy atom. The molecule has 110 valence electrons. The summed E-state index contributed by atoms with van der Waals surface area (Å²) in [6.07, 6.45) is -0.646. The first kappa shape index (κ1) is 15.4. The monoisotopic (exact) mass is 348 g/mol. The van der Waals surface area contributed by atoms with Crippen molar-refractivity contribution in [2.24, 2.45) is 0 Å². The largest absolute Gasteiger partial charge is 0.478 e. The molecule has 1 amide bonds. The van der Waals surface area contributed by atoms with Crippen molar-refractivity contribution in [3.8, 4) is 5.75 Å². The number of nitrogen functional groups attached to an aromatic ring is 1. The molecule has 1 atom stereocenters. The van der Waals surface area contributed by atoms with Crippen LogP contribution in [0.25, 0.3) is 0 Å². The molecule has 0 radical (unpaired) electrons. The fraction of sp³-hybridized carbons (Fsp3) is 0.188. The minimum atomic E-state index is -0.646. The molecule has 0 aliphatic heterocycles. The highest BCUT2D eigenvalue weighted by molar-refractivity contribution is 9.10. The van der Waals surface area contributed by atoms with Crippen LogP contribution in [0.2, 0.25) is 0 Å². The Kier molecular flexibility index (Phi) is 4.85. The molecule has 2 rings (SSSR count). The van der Waals surface area contributed by atoms with Crippen molar-refractivity contribution in [1.29, 1.82) is 0 Å². The first-order chi connectivity index (χ1) is 9.97. The molecular weight excluding hydrogens is 332 g/mol. The van der Waals surface area contributed by atoms with Gasteiger partial charge in [-0.25, -0.2) is 0 Å². The van der Waals surface area contributed by atoms with Crippen molar-refractivity contribution in [3.63, 3.8) is 0 Å². The van der Waals surface area contributed by atoms with Crippen LogP contribution in [0.1, 0.15) is 12.5 Å². The summed E-state index contributed by atoms with van der Waals surface area (Å²) in [7, 11) is 0. The molecule has 0 saturated carbocycles. The maximum Gasteiger partial charge on any atom is 0.265 e. The van der Waals surface area contributed by atoms with E-state index >= 15 is 0 Å². The van der Waals surface area contributed by atoms with Gasteiger partial charge in [0.15, 0.2) is 6.10 Å². The van der Waals surface area contributed by atoms with E-state index in [1.807, 2.05) is 43.3 Å². The summed E-state index contributed by atoms with van der Waals surface area (Å²) in [5.74, 6) is 0.317. The van der Waals surface area contributed by atoms with Crippen LogP contribution in [-0.2, 0) is 4.79 Å². The number of hydrogen-bond acceptors (Lipinski definition) is 3. The molecule has 0 aliphatic rings. The molecular formula is C16H17BrN2O2. The molecule has 1 unspecified atom stereocenters. The maximum atomic E-state index is 12.1. The second-order valence-electron chi connectivity index (χ2n) is 4.76. The third-order valence-corrected chi connectivity index (χ3v) is 3.43. The lowest BCUT2D eigenvalue weighted by molar-refractivity contribution is -0.122. The molecule has 0 spiro atoms. The van der Waals surface area contributed by atoms with Crippen molar-refractivity contribution in [2.75, 3.05) is 11.1 Å². The van der Waals surface area contributed by atoms with E-state index in [0.717, 1.165) is 15.7 Å². The summed E-state index contributed by atoms with van der Waals surface area (Å²) >= 11 is 3.37. The normalized spacial score (nSPS) is 11.8. The van der Waals surface area contributed by atoms with Crippen LogP contribution < -0.4 is 15.8 Å². The summed E-state index contributed by atoms with van der Waals surface area (Å²) in [5, 5.41) is 2.80. The van der Waals surface area contributed by atoms with E-state index in [2.05, 4.69) is 21.2 Å². The van der Waals surface area contributed by atoms with E-state index in [9.17, 15) is 4.79 Å². The summed E-state index contributed by atoms with van der Waals surface area (Å²) in [4.78, 5) is 12.1. The van der Waals surface area contributed by atoms with E-state index in [-0.39, 0.29) is 5.91 Å². The summed E-state index contributed by atoms with van der Waals surface area (Å²) in [6.45, 7) is 3.58. The predicted octanol–water partition coefficient (Wildman–Crippen LogP) is 3.75. The zero-order chi connectivity index (χ0) is 15.4. The van der Waals surface area contributed by atoms with Crippen LogP contribution in [0.15, 0.2) is 46.9 Å². The molecule has 2 aromatic rings. The SMILES string of the molecule is Cc1cc(Br)cc(N)c1OC(C)C(=O)Nc1ccccc1. The number of para-hydroxylation sites is 1. The van der Waals surface area contributed by atoms with Crippen LogP contribution in [0, 0.1) is 6.92 Å². The Balaban J connectivity index is 2.08. The third-order valence-electron chi connectivity index (χ3n) is 2.97. The number of nitrogens with two attached hydrogens (primary N) is 1. The standard InChI is InChI=1S/C16H17BrN2O2/c1-10-8-12(17)9-14(18)15(10)21-11(2)16(20)19-13-6-4-3-5-7-13/h3-9,11H,18H2,1-2H3,(H,19,20). The number of rotatable bonds is 4. The number of aryl methyl sites for hydroxylation is 1. The first-order valence-electron chi connectivity index (χ1n) is 6.55. The number of benzene rings is 2. The third kappa shape index (κ3) is 3.98. The summed E-state index contributed by atoms with van der Waals surface area (Å²) < 4.78 is 6.59. The lowest BCUT2D eigenvalue weighted by Gasteiger charge is -2.18. The number of ether oxygens (including phenoxy) is 1. The Labute approximate surface area is 132 Å². The molecule has 3 N–H and O–H groups in total. The number of anilines is 2. The molecule has 0 saturated heterocycles. The molecule has 0 bridgehead atoms. The zero-order valence-corrected chi connectivity index (χ0v) is 13.5. The van der Waals surface area contributed by atoms with Crippen LogP contribution >= 0.6 is 15.9 Å². The van der Waals surface area contributed by atoms with Crippen molar-refractivity contribution in [2.45, 2.75) is 20.0 Å². The van der Waals surface area contributed by atoms with Crippen molar-refractivity contribution >= 4 is 33.2 Å². The predicted molar refractivity (Wildman–Crippen MR) is 88.5 cm³/mol. The quantitative estimate of drug-likeness (QED) is 0.827. The van der Waals surface area contributed by atoms with Gasteiger partial charge in [0.05, 0.1) is 5.69 Å². The number of hydrogen-bond donors (Lipinski definition) is 2. The molecule has 21 heavy (non-hydrogen) atoms. The number of halogens is 1. The van der Waals surface area contributed by atoms with E-state index in [4.69, 9.17) is 10.5 Å². The van der Waals surface area contributed by atoms with E-state index < -0.39 is 6.10 Å². The van der Waals surface area contributed by atoms with Crippen LogP contribution in [-0.4, -0.2) is 12.0 Å².